The number of nitrogens with one attached hydrogen (secondary N) is 1. The number of rotatable bonds is 3. The van der Waals surface area contributed by atoms with E-state index in [1.807, 2.05) is 52.0 Å². The Bertz CT molecular complexity index is 568. The van der Waals surface area contributed by atoms with Crippen molar-refractivity contribution in [3.8, 4) is 0 Å². The van der Waals surface area contributed by atoms with Gasteiger partial charge in [0.2, 0.25) is 0 Å². The quantitative estimate of drug-likeness (QED) is 0.687. The Morgan fingerprint density at radius 1 is 0.846 bits per heavy atom. The molecule has 0 aromatic heterocycles. The highest BCUT2D eigenvalue weighted by molar-refractivity contribution is 5.44. The molecule has 1 aliphatic heterocycles. The van der Waals surface area contributed by atoms with Crippen molar-refractivity contribution in [1.82, 2.24) is 5.32 Å². The summed E-state index contributed by atoms with van der Waals surface area (Å²) < 4.78 is 0. The largest absolute Gasteiger partial charge is 0.399 e. The van der Waals surface area contributed by atoms with Gasteiger partial charge in [0.1, 0.15) is 0 Å². The summed E-state index contributed by atoms with van der Waals surface area (Å²) in [6, 6.07) is 16.4. The van der Waals surface area contributed by atoms with Crippen LogP contribution in [-0.4, -0.2) is 23.8 Å². The minimum Gasteiger partial charge on any atom is -0.399 e. The van der Waals surface area contributed by atoms with Crippen LogP contribution in [0, 0.1) is 6.92 Å². The molecule has 0 amide bonds. The van der Waals surface area contributed by atoms with E-state index in [4.69, 9.17) is 5.73 Å². The number of nitrogen functional groups attached to an aromatic ring is 1. The summed E-state index contributed by atoms with van der Waals surface area (Å²) in [6.07, 6.45) is 1.52. The molecule has 1 atom stereocenters. The molecule has 0 radical (unpaired) electrons. The molecule has 4 N–H and O–H groups in total. The molecule has 3 rings (SSSR count). The molecule has 0 bridgehead atoms. The third-order valence-electron chi connectivity index (χ3n) is 4.69. The highest BCUT2D eigenvalue weighted by Gasteiger charge is 2.39. The normalized spacial score (nSPS) is 16.4. The summed E-state index contributed by atoms with van der Waals surface area (Å²) in [5, 5.41) is 14.6. The lowest BCUT2D eigenvalue weighted by molar-refractivity contribution is -0.00488. The first-order valence-electron chi connectivity index (χ1n) is 9.94. The highest BCUT2D eigenvalue weighted by Crippen LogP contribution is 2.40. The van der Waals surface area contributed by atoms with Crippen LogP contribution in [0.2, 0.25) is 0 Å². The molecule has 3 heteroatoms. The maximum Gasteiger partial charge on any atom is 0.0780 e. The number of piperidine rings is 1. The number of aliphatic hydroxyl groups is 1. The lowest BCUT2D eigenvalue weighted by Gasteiger charge is -2.40. The Labute approximate surface area is 159 Å². The minimum absolute atomic E-state index is 0.0178. The predicted octanol–water partition coefficient (Wildman–Crippen LogP) is 4.88. The fourth-order valence-electron chi connectivity index (χ4n) is 3.41. The van der Waals surface area contributed by atoms with E-state index in [2.05, 4.69) is 36.5 Å². The predicted molar refractivity (Wildman–Crippen MR) is 114 cm³/mol. The van der Waals surface area contributed by atoms with Crippen molar-refractivity contribution in [2.24, 2.45) is 0 Å². The van der Waals surface area contributed by atoms with Crippen LogP contribution in [0.3, 0.4) is 0 Å². The van der Waals surface area contributed by atoms with Gasteiger partial charge in [-0.3, -0.25) is 0 Å². The van der Waals surface area contributed by atoms with Crippen LogP contribution < -0.4 is 11.1 Å². The molecule has 2 aromatic carbocycles. The van der Waals surface area contributed by atoms with Crippen LogP contribution in [0.1, 0.15) is 63.1 Å². The van der Waals surface area contributed by atoms with E-state index in [1.54, 1.807) is 0 Å². The molecule has 0 spiro atoms. The van der Waals surface area contributed by atoms with Crippen molar-refractivity contribution >= 4 is 5.69 Å². The van der Waals surface area contributed by atoms with Gasteiger partial charge in [0, 0.05) is 11.6 Å². The van der Waals surface area contributed by atoms with E-state index in [9.17, 15) is 5.11 Å². The standard InChI is InChI=1S/C19H24N2O.2C2H6/c1-14-2-4-15(5-3-14)18(16-6-8-17(20)9-7-16)19(22)10-12-21-13-11-19;2*1-2/h2-9,18,21-22H,10-13,20H2,1H3;2*1-2H3. The van der Waals surface area contributed by atoms with Gasteiger partial charge in [-0.1, -0.05) is 69.7 Å². The zero-order valence-corrected chi connectivity index (χ0v) is 17.0. The fourth-order valence-corrected chi connectivity index (χ4v) is 3.41. The van der Waals surface area contributed by atoms with E-state index in [0.717, 1.165) is 37.2 Å². The zero-order chi connectivity index (χ0) is 19.6. The second-order valence-corrected chi connectivity index (χ2v) is 6.36. The zero-order valence-electron chi connectivity index (χ0n) is 17.0. The third kappa shape index (κ3) is 5.58. The smallest absolute Gasteiger partial charge is 0.0780 e. The molecule has 0 saturated carbocycles. The first-order valence-corrected chi connectivity index (χ1v) is 9.94. The van der Waals surface area contributed by atoms with Crippen molar-refractivity contribution in [2.45, 2.75) is 59.0 Å². The summed E-state index contributed by atoms with van der Waals surface area (Å²) in [5.41, 5.74) is 9.39. The average Bonchev–Trinajstić information content (AvgIpc) is 2.69. The first kappa shape index (κ1) is 22.2. The second kappa shape index (κ2) is 11.0. The molecule has 2 aromatic rings. The van der Waals surface area contributed by atoms with Crippen molar-refractivity contribution in [2.75, 3.05) is 18.8 Å². The van der Waals surface area contributed by atoms with Gasteiger partial charge in [0.05, 0.1) is 5.60 Å². The number of benzene rings is 2. The van der Waals surface area contributed by atoms with Crippen molar-refractivity contribution in [1.29, 1.82) is 0 Å². The van der Waals surface area contributed by atoms with Crippen LogP contribution in [0.5, 0.6) is 0 Å². The number of nitrogens with two attached hydrogens (primary N) is 1. The first-order chi connectivity index (χ1) is 12.6. The van der Waals surface area contributed by atoms with Crippen LogP contribution in [-0.2, 0) is 0 Å². The molecule has 3 nitrogen and oxygen atoms in total. The summed E-state index contributed by atoms with van der Waals surface area (Å²) in [6.45, 7) is 11.8. The fraction of sp³-hybridized carbons (Fsp3) is 0.478. The molecule has 26 heavy (non-hydrogen) atoms. The maximum absolute atomic E-state index is 11.3. The van der Waals surface area contributed by atoms with Gasteiger partial charge in [-0.15, -0.1) is 0 Å². The summed E-state index contributed by atoms with van der Waals surface area (Å²) in [5.74, 6) is -0.0178. The number of hydrogen-bond acceptors (Lipinski definition) is 3. The van der Waals surface area contributed by atoms with E-state index in [-0.39, 0.29) is 5.92 Å². The van der Waals surface area contributed by atoms with Crippen LogP contribution in [0.4, 0.5) is 5.69 Å². The molecule has 1 unspecified atom stereocenters. The summed E-state index contributed by atoms with van der Waals surface area (Å²) >= 11 is 0. The van der Waals surface area contributed by atoms with E-state index in [1.165, 1.54) is 11.1 Å². The highest BCUT2D eigenvalue weighted by atomic mass is 16.3. The topological polar surface area (TPSA) is 58.3 Å². The molecular formula is C23H36N2O. The Hall–Kier alpha value is -1.84. The molecule has 1 fully saturated rings. The van der Waals surface area contributed by atoms with Gasteiger partial charge < -0.3 is 16.2 Å². The minimum atomic E-state index is -0.712. The van der Waals surface area contributed by atoms with Crippen LogP contribution in [0.25, 0.3) is 0 Å². The van der Waals surface area contributed by atoms with E-state index in [0.29, 0.717) is 0 Å². The average molecular weight is 357 g/mol. The Morgan fingerprint density at radius 3 is 1.73 bits per heavy atom. The number of hydrogen-bond donors (Lipinski definition) is 3. The Balaban J connectivity index is 0.000000791. The second-order valence-electron chi connectivity index (χ2n) is 6.36. The van der Waals surface area contributed by atoms with Gasteiger partial charge in [-0.05, 0) is 56.1 Å². The molecule has 1 saturated heterocycles. The molecular weight excluding hydrogens is 320 g/mol. The Morgan fingerprint density at radius 2 is 1.27 bits per heavy atom. The van der Waals surface area contributed by atoms with Gasteiger partial charge in [-0.25, -0.2) is 0 Å². The number of aryl methyl sites for hydroxylation is 1. The van der Waals surface area contributed by atoms with Crippen LogP contribution >= 0.6 is 0 Å². The van der Waals surface area contributed by atoms with Gasteiger partial charge >= 0.3 is 0 Å². The van der Waals surface area contributed by atoms with Crippen LogP contribution in [0.15, 0.2) is 48.5 Å². The summed E-state index contributed by atoms with van der Waals surface area (Å²) in [4.78, 5) is 0. The van der Waals surface area contributed by atoms with Crippen molar-refractivity contribution in [3.63, 3.8) is 0 Å². The lowest BCUT2D eigenvalue weighted by Crippen LogP contribution is -2.46. The van der Waals surface area contributed by atoms with Crippen molar-refractivity contribution < 1.29 is 5.11 Å². The van der Waals surface area contributed by atoms with Gasteiger partial charge in [0.15, 0.2) is 0 Å². The van der Waals surface area contributed by atoms with Crippen molar-refractivity contribution in [3.05, 3.63) is 65.2 Å². The van der Waals surface area contributed by atoms with Gasteiger partial charge in [-0.2, -0.15) is 0 Å². The third-order valence-corrected chi connectivity index (χ3v) is 4.69. The van der Waals surface area contributed by atoms with Gasteiger partial charge in [0.25, 0.3) is 0 Å². The molecule has 1 aliphatic rings. The van der Waals surface area contributed by atoms with E-state index >= 15 is 0 Å². The molecule has 144 valence electrons. The monoisotopic (exact) mass is 356 g/mol. The SMILES string of the molecule is CC.CC.Cc1ccc(C(c2ccc(N)cc2)C2(O)CCNCC2)cc1. The number of anilines is 1. The molecule has 0 aliphatic carbocycles. The maximum atomic E-state index is 11.3. The molecule has 1 heterocycles. The lowest BCUT2D eigenvalue weighted by atomic mass is 9.72. The summed E-state index contributed by atoms with van der Waals surface area (Å²) in [7, 11) is 0. The Kier molecular flexibility index (Phi) is 9.39. The van der Waals surface area contributed by atoms with E-state index < -0.39 is 5.60 Å².